The van der Waals surface area contributed by atoms with Crippen LogP contribution in [0.1, 0.15) is 29.8 Å². The molecule has 0 bridgehead atoms. The molecule has 1 aliphatic carbocycles. The monoisotopic (exact) mass is 290 g/mol. The van der Waals surface area contributed by atoms with Gasteiger partial charge in [0.1, 0.15) is 0 Å². The van der Waals surface area contributed by atoms with Gasteiger partial charge in [-0.3, -0.25) is 4.79 Å². The molecule has 1 amide bonds. The van der Waals surface area contributed by atoms with E-state index in [2.05, 4.69) is 10.5 Å². The molecule has 1 N–H and O–H groups in total. The van der Waals surface area contributed by atoms with Gasteiger partial charge in [0, 0.05) is 23.2 Å². The number of halogens is 1. The van der Waals surface area contributed by atoms with Crippen molar-refractivity contribution in [3.8, 4) is 11.3 Å². The highest BCUT2D eigenvalue weighted by Crippen LogP contribution is 2.25. The highest BCUT2D eigenvalue weighted by atomic mass is 35.5. The molecule has 1 heterocycles. The third-order valence-electron chi connectivity index (χ3n) is 3.65. The number of nitrogens with one attached hydrogen (secondary N) is 1. The van der Waals surface area contributed by atoms with Gasteiger partial charge in [0.05, 0.1) is 0 Å². The Labute approximate surface area is 122 Å². The number of amides is 1. The van der Waals surface area contributed by atoms with Gasteiger partial charge >= 0.3 is 0 Å². The van der Waals surface area contributed by atoms with Crippen LogP contribution in [0.4, 0.5) is 0 Å². The van der Waals surface area contributed by atoms with E-state index in [0.717, 1.165) is 12.1 Å². The number of nitrogens with zero attached hydrogens (tertiary/aromatic N) is 1. The van der Waals surface area contributed by atoms with Crippen molar-refractivity contribution in [3.63, 3.8) is 0 Å². The standard InChI is InChI=1S/C15H15ClN2O2/c16-12-6-4-11(5-7-12)14-8-13(18-20-14)15(19)17-9-10-2-1-3-10/h4-8,10H,1-3,9H2,(H,17,19). The first kappa shape index (κ1) is 13.2. The van der Waals surface area contributed by atoms with Crippen LogP contribution >= 0.6 is 11.6 Å². The van der Waals surface area contributed by atoms with E-state index in [4.69, 9.17) is 16.1 Å². The third-order valence-corrected chi connectivity index (χ3v) is 3.90. The second kappa shape index (κ2) is 5.67. The average molecular weight is 291 g/mol. The van der Waals surface area contributed by atoms with Crippen LogP contribution < -0.4 is 5.32 Å². The SMILES string of the molecule is O=C(NCC1CCC1)c1cc(-c2ccc(Cl)cc2)on1. The fourth-order valence-electron chi connectivity index (χ4n) is 2.16. The fourth-order valence-corrected chi connectivity index (χ4v) is 2.28. The summed E-state index contributed by atoms with van der Waals surface area (Å²) in [7, 11) is 0. The Morgan fingerprint density at radius 3 is 2.75 bits per heavy atom. The molecule has 1 aliphatic rings. The van der Waals surface area contributed by atoms with Crippen molar-refractivity contribution < 1.29 is 9.32 Å². The van der Waals surface area contributed by atoms with Crippen LogP contribution in [-0.4, -0.2) is 17.6 Å². The normalized spacial score (nSPS) is 14.8. The molecule has 4 nitrogen and oxygen atoms in total. The zero-order chi connectivity index (χ0) is 13.9. The Bertz CT molecular complexity index is 603. The molecule has 20 heavy (non-hydrogen) atoms. The van der Waals surface area contributed by atoms with E-state index in [1.165, 1.54) is 19.3 Å². The molecule has 0 spiro atoms. The third kappa shape index (κ3) is 2.85. The molecular formula is C15H15ClN2O2. The van der Waals surface area contributed by atoms with Gasteiger partial charge in [0.2, 0.25) is 0 Å². The molecule has 3 rings (SSSR count). The molecule has 1 saturated carbocycles. The van der Waals surface area contributed by atoms with Gasteiger partial charge in [-0.15, -0.1) is 0 Å². The van der Waals surface area contributed by atoms with Crippen LogP contribution in [0.2, 0.25) is 5.02 Å². The lowest BCUT2D eigenvalue weighted by Crippen LogP contribution is -2.32. The Morgan fingerprint density at radius 2 is 2.10 bits per heavy atom. The van der Waals surface area contributed by atoms with Gasteiger partial charge in [0.15, 0.2) is 11.5 Å². The Kier molecular flexibility index (Phi) is 3.74. The van der Waals surface area contributed by atoms with Gasteiger partial charge < -0.3 is 9.84 Å². The van der Waals surface area contributed by atoms with Crippen LogP contribution in [0.3, 0.4) is 0 Å². The second-order valence-electron chi connectivity index (χ2n) is 5.09. The molecule has 1 aromatic heterocycles. The summed E-state index contributed by atoms with van der Waals surface area (Å²) in [4.78, 5) is 11.9. The van der Waals surface area contributed by atoms with E-state index in [1.54, 1.807) is 18.2 Å². The zero-order valence-corrected chi connectivity index (χ0v) is 11.7. The number of hydrogen-bond acceptors (Lipinski definition) is 3. The van der Waals surface area contributed by atoms with Gasteiger partial charge in [-0.2, -0.15) is 0 Å². The van der Waals surface area contributed by atoms with E-state index in [1.807, 2.05) is 12.1 Å². The minimum Gasteiger partial charge on any atom is -0.355 e. The predicted octanol–water partition coefficient (Wildman–Crippen LogP) is 3.52. The van der Waals surface area contributed by atoms with Crippen molar-refractivity contribution in [2.75, 3.05) is 6.54 Å². The molecule has 0 unspecified atom stereocenters. The van der Waals surface area contributed by atoms with Crippen molar-refractivity contribution in [3.05, 3.63) is 41.0 Å². The van der Waals surface area contributed by atoms with Crippen LogP contribution in [-0.2, 0) is 0 Å². The minimum atomic E-state index is -0.180. The summed E-state index contributed by atoms with van der Waals surface area (Å²) in [5.41, 5.74) is 1.16. The summed E-state index contributed by atoms with van der Waals surface area (Å²) in [5.74, 6) is 1.01. The molecule has 0 atom stereocenters. The molecule has 0 radical (unpaired) electrons. The zero-order valence-electron chi connectivity index (χ0n) is 10.9. The fraction of sp³-hybridized carbons (Fsp3) is 0.333. The Morgan fingerprint density at radius 1 is 1.35 bits per heavy atom. The highest BCUT2D eigenvalue weighted by Gasteiger charge is 2.19. The first-order chi connectivity index (χ1) is 9.72. The van der Waals surface area contributed by atoms with Crippen molar-refractivity contribution in [2.45, 2.75) is 19.3 Å². The molecule has 1 fully saturated rings. The summed E-state index contributed by atoms with van der Waals surface area (Å²) in [6, 6.07) is 8.86. The van der Waals surface area contributed by atoms with E-state index in [0.29, 0.717) is 22.4 Å². The van der Waals surface area contributed by atoms with Gasteiger partial charge in [-0.25, -0.2) is 0 Å². The number of benzene rings is 1. The minimum absolute atomic E-state index is 0.180. The summed E-state index contributed by atoms with van der Waals surface area (Å²) in [5, 5.41) is 7.37. The van der Waals surface area contributed by atoms with Crippen LogP contribution in [0.15, 0.2) is 34.9 Å². The van der Waals surface area contributed by atoms with Crippen molar-refractivity contribution in [2.24, 2.45) is 5.92 Å². The molecule has 2 aromatic rings. The topological polar surface area (TPSA) is 55.1 Å². The van der Waals surface area contributed by atoms with Crippen LogP contribution in [0.5, 0.6) is 0 Å². The van der Waals surface area contributed by atoms with Gasteiger partial charge in [-0.05, 0) is 43.0 Å². The Balaban J connectivity index is 1.66. The van der Waals surface area contributed by atoms with Gasteiger partial charge in [0.25, 0.3) is 5.91 Å². The van der Waals surface area contributed by atoms with E-state index >= 15 is 0 Å². The van der Waals surface area contributed by atoms with Crippen molar-refractivity contribution in [1.82, 2.24) is 10.5 Å². The number of rotatable bonds is 4. The molecule has 5 heteroatoms. The maximum atomic E-state index is 11.9. The summed E-state index contributed by atoms with van der Waals surface area (Å²) < 4.78 is 5.20. The molecule has 104 valence electrons. The predicted molar refractivity (Wildman–Crippen MR) is 76.6 cm³/mol. The van der Waals surface area contributed by atoms with Crippen molar-refractivity contribution >= 4 is 17.5 Å². The first-order valence-electron chi connectivity index (χ1n) is 6.73. The number of hydrogen-bond donors (Lipinski definition) is 1. The maximum absolute atomic E-state index is 11.9. The first-order valence-corrected chi connectivity index (χ1v) is 7.11. The second-order valence-corrected chi connectivity index (χ2v) is 5.53. The van der Waals surface area contributed by atoms with E-state index < -0.39 is 0 Å². The summed E-state index contributed by atoms with van der Waals surface area (Å²) in [6.45, 7) is 0.724. The molecule has 0 saturated heterocycles. The largest absolute Gasteiger partial charge is 0.355 e. The molecule has 1 aromatic carbocycles. The number of carbonyl (C=O) groups is 1. The van der Waals surface area contributed by atoms with E-state index in [9.17, 15) is 4.79 Å². The van der Waals surface area contributed by atoms with Crippen LogP contribution in [0, 0.1) is 5.92 Å². The summed E-state index contributed by atoms with van der Waals surface area (Å²) >= 11 is 5.83. The lowest BCUT2D eigenvalue weighted by Gasteiger charge is -2.24. The number of carbonyl (C=O) groups excluding carboxylic acids is 1. The number of aromatic nitrogens is 1. The van der Waals surface area contributed by atoms with Gasteiger partial charge in [-0.1, -0.05) is 23.2 Å². The Hall–Kier alpha value is -1.81. The quantitative estimate of drug-likeness (QED) is 0.937. The van der Waals surface area contributed by atoms with Crippen molar-refractivity contribution in [1.29, 1.82) is 0 Å². The van der Waals surface area contributed by atoms with E-state index in [-0.39, 0.29) is 5.91 Å². The maximum Gasteiger partial charge on any atom is 0.273 e. The summed E-state index contributed by atoms with van der Waals surface area (Å²) in [6.07, 6.45) is 3.68. The van der Waals surface area contributed by atoms with Crippen LogP contribution in [0.25, 0.3) is 11.3 Å². The molecule has 0 aliphatic heterocycles. The average Bonchev–Trinajstić information content (AvgIpc) is 2.87. The smallest absolute Gasteiger partial charge is 0.273 e. The lowest BCUT2D eigenvalue weighted by atomic mass is 9.85. The lowest BCUT2D eigenvalue weighted by molar-refractivity contribution is 0.0930. The molecular weight excluding hydrogens is 276 g/mol. The highest BCUT2D eigenvalue weighted by molar-refractivity contribution is 6.30.